The lowest BCUT2D eigenvalue weighted by Crippen LogP contribution is -2.56. The summed E-state index contributed by atoms with van der Waals surface area (Å²) in [6.07, 6.45) is 0. The fourth-order valence-corrected chi connectivity index (χ4v) is 5.43. The highest BCUT2D eigenvalue weighted by Crippen LogP contribution is 2.30. The Morgan fingerprint density at radius 2 is 1.70 bits per heavy atom. The van der Waals surface area contributed by atoms with Crippen molar-refractivity contribution in [2.75, 3.05) is 20.1 Å². The number of sulfonamides is 1. The minimum Gasteiger partial charge on any atom is -0.298 e. The van der Waals surface area contributed by atoms with Gasteiger partial charge < -0.3 is 0 Å². The van der Waals surface area contributed by atoms with Gasteiger partial charge in [-0.1, -0.05) is 15.9 Å². The molecule has 1 fully saturated rings. The fraction of sp³-hybridized carbons (Fsp3) is 0.538. The number of piperazine rings is 1. The van der Waals surface area contributed by atoms with Crippen LogP contribution in [0.1, 0.15) is 13.8 Å². The summed E-state index contributed by atoms with van der Waals surface area (Å²) in [7, 11) is -1.44. The van der Waals surface area contributed by atoms with Crippen LogP contribution >= 0.6 is 31.9 Å². The Bertz CT molecular complexity index is 594. The number of hydrogen-bond donors (Lipinski definition) is 0. The summed E-state index contributed by atoms with van der Waals surface area (Å²) in [6.45, 7) is 5.13. The monoisotopic (exact) mass is 424 g/mol. The van der Waals surface area contributed by atoms with Gasteiger partial charge >= 0.3 is 0 Å². The molecule has 7 heteroatoms. The highest BCUT2D eigenvalue weighted by atomic mass is 79.9. The molecule has 1 aromatic rings. The standard InChI is InChI=1S/C13H18Br2N2O2S/c1-9-7-17(8-10(2)16(9)3)20(18,19)13-6-11(14)4-5-12(13)15/h4-6,9-10H,7-8H2,1-3H3. The summed E-state index contributed by atoms with van der Waals surface area (Å²) in [5, 5.41) is 0. The molecule has 2 atom stereocenters. The summed E-state index contributed by atoms with van der Waals surface area (Å²) in [5.74, 6) is 0. The first-order valence-corrected chi connectivity index (χ1v) is 9.43. The van der Waals surface area contributed by atoms with E-state index in [1.54, 1.807) is 16.4 Å². The molecule has 0 radical (unpaired) electrons. The Morgan fingerprint density at radius 3 is 2.25 bits per heavy atom. The van der Waals surface area contributed by atoms with Crippen molar-refractivity contribution in [2.24, 2.45) is 0 Å². The van der Waals surface area contributed by atoms with Crippen molar-refractivity contribution in [3.63, 3.8) is 0 Å². The van der Waals surface area contributed by atoms with Crippen LogP contribution in [0.5, 0.6) is 0 Å². The highest BCUT2D eigenvalue weighted by Gasteiger charge is 2.35. The minimum absolute atomic E-state index is 0.208. The summed E-state index contributed by atoms with van der Waals surface area (Å²) < 4.78 is 28.6. The molecule has 2 rings (SSSR count). The average molecular weight is 426 g/mol. The van der Waals surface area contributed by atoms with Crippen LogP contribution in [0.2, 0.25) is 0 Å². The lowest BCUT2D eigenvalue weighted by molar-refractivity contribution is 0.105. The van der Waals surface area contributed by atoms with E-state index in [1.165, 1.54) is 0 Å². The molecule has 1 saturated heterocycles. The zero-order valence-corrected chi connectivity index (χ0v) is 15.7. The SMILES string of the molecule is CC1CN(S(=O)(=O)c2cc(Br)ccc2Br)CC(C)N1C. The first-order chi connectivity index (χ1) is 9.23. The summed E-state index contributed by atoms with van der Waals surface area (Å²) >= 11 is 6.67. The maximum atomic E-state index is 12.8. The van der Waals surface area contributed by atoms with Gasteiger partial charge in [0, 0.05) is 34.1 Å². The van der Waals surface area contributed by atoms with Crippen LogP contribution in [-0.2, 0) is 10.0 Å². The van der Waals surface area contributed by atoms with E-state index in [2.05, 4.69) is 36.8 Å². The summed E-state index contributed by atoms with van der Waals surface area (Å²) in [4.78, 5) is 2.53. The van der Waals surface area contributed by atoms with Crippen molar-refractivity contribution in [2.45, 2.75) is 30.8 Å². The zero-order chi connectivity index (χ0) is 15.1. The maximum Gasteiger partial charge on any atom is 0.244 e. The molecule has 0 spiro atoms. The number of nitrogens with zero attached hydrogens (tertiary/aromatic N) is 2. The highest BCUT2D eigenvalue weighted by molar-refractivity contribution is 9.11. The molecule has 1 aliphatic heterocycles. The van der Waals surface area contributed by atoms with Gasteiger partial charge in [0.15, 0.2) is 0 Å². The van der Waals surface area contributed by atoms with Gasteiger partial charge in [-0.25, -0.2) is 8.42 Å². The van der Waals surface area contributed by atoms with E-state index >= 15 is 0 Å². The molecule has 0 bridgehead atoms. The van der Waals surface area contributed by atoms with Crippen LogP contribution in [0, 0.1) is 0 Å². The van der Waals surface area contributed by atoms with Gasteiger partial charge in [0.25, 0.3) is 0 Å². The van der Waals surface area contributed by atoms with E-state index in [4.69, 9.17) is 0 Å². The maximum absolute atomic E-state index is 12.8. The Hall–Kier alpha value is 0.0500. The molecule has 0 amide bonds. The van der Waals surface area contributed by atoms with Crippen molar-refractivity contribution >= 4 is 41.9 Å². The first-order valence-electron chi connectivity index (χ1n) is 6.40. The van der Waals surface area contributed by atoms with E-state index in [9.17, 15) is 8.42 Å². The van der Waals surface area contributed by atoms with E-state index < -0.39 is 10.0 Å². The largest absolute Gasteiger partial charge is 0.298 e. The third-order valence-electron chi connectivity index (χ3n) is 3.84. The van der Waals surface area contributed by atoms with E-state index in [-0.39, 0.29) is 12.1 Å². The van der Waals surface area contributed by atoms with Crippen LogP contribution in [0.3, 0.4) is 0 Å². The van der Waals surface area contributed by atoms with Crippen LogP contribution in [0.4, 0.5) is 0 Å². The molecule has 2 unspecified atom stereocenters. The third-order valence-corrected chi connectivity index (χ3v) is 7.16. The molecule has 1 aromatic carbocycles. The number of halogens is 2. The van der Waals surface area contributed by atoms with Crippen molar-refractivity contribution in [3.05, 3.63) is 27.1 Å². The molecule has 20 heavy (non-hydrogen) atoms. The predicted molar refractivity (Wildman–Crippen MR) is 87.3 cm³/mol. The molecule has 0 aliphatic carbocycles. The smallest absolute Gasteiger partial charge is 0.244 e. The first kappa shape index (κ1) is 16.4. The number of likely N-dealkylation sites (N-methyl/N-ethyl adjacent to an activating group) is 1. The van der Waals surface area contributed by atoms with E-state index in [1.807, 2.05) is 27.0 Å². The predicted octanol–water partition coefficient (Wildman–Crippen LogP) is 2.92. The van der Waals surface area contributed by atoms with Gasteiger partial charge in [-0.15, -0.1) is 0 Å². The molecule has 1 heterocycles. The second-order valence-electron chi connectivity index (χ2n) is 5.26. The van der Waals surface area contributed by atoms with Gasteiger partial charge in [-0.2, -0.15) is 4.31 Å². The Balaban J connectivity index is 2.38. The van der Waals surface area contributed by atoms with Gasteiger partial charge in [-0.3, -0.25) is 4.90 Å². The van der Waals surface area contributed by atoms with Crippen molar-refractivity contribution in [1.82, 2.24) is 9.21 Å². The van der Waals surface area contributed by atoms with E-state index in [0.717, 1.165) is 4.47 Å². The number of rotatable bonds is 2. The Labute approximate surface area is 137 Å². The second kappa shape index (κ2) is 6.04. The fourth-order valence-electron chi connectivity index (χ4n) is 2.37. The van der Waals surface area contributed by atoms with Gasteiger partial charge in [0.1, 0.15) is 0 Å². The molecular weight excluding hydrogens is 408 g/mol. The van der Waals surface area contributed by atoms with Gasteiger partial charge in [0.2, 0.25) is 10.0 Å². The zero-order valence-electron chi connectivity index (χ0n) is 11.7. The van der Waals surface area contributed by atoms with Gasteiger partial charge in [-0.05, 0) is 55.0 Å². The van der Waals surface area contributed by atoms with E-state index in [0.29, 0.717) is 22.5 Å². The van der Waals surface area contributed by atoms with Crippen LogP contribution in [-0.4, -0.2) is 49.8 Å². The molecular formula is C13H18Br2N2O2S. The van der Waals surface area contributed by atoms with Crippen LogP contribution < -0.4 is 0 Å². The van der Waals surface area contributed by atoms with Crippen molar-refractivity contribution in [3.8, 4) is 0 Å². The lowest BCUT2D eigenvalue weighted by atomic mass is 10.1. The average Bonchev–Trinajstić information content (AvgIpc) is 2.38. The van der Waals surface area contributed by atoms with Crippen molar-refractivity contribution < 1.29 is 8.42 Å². The normalized spacial score (nSPS) is 25.9. The van der Waals surface area contributed by atoms with Crippen molar-refractivity contribution in [1.29, 1.82) is 0 Å². The molecule has 0 aromatic heterocycles. The number of benzene rings is 1. The quantitative estimate of drug-likeness (QED) is 0.731. The van der Waals surface area contributed by atoms with Crippen LogP contribution in [0.25, 0.3) is 0 Å². The topological polar surface area (TPSA) is 40.6 Å². The molecule has 112 valence electrons. The number of hydrogen-bond acceptors (Lipinski definition) is 3. The van der Waals surface area contributed by atoms with Gasteiger partial charge in [0.05, 0.1) is 4.90 Å². The summed E-state index contributed by atoms with van der Waals surface area (Å²) in [6, 6.07) is 5.63. The molecule has 0 saturated carbocycles. The Morgan fingerprint density at radius 1 is 1.15 bits per heavy atom. The Kier molecular flexibility index (Phi) is 4.96. The molecule has 1 aliphatic rings. The second-order valence-corrected chi connectivity index (χ2v) is 8.94. The summed E-state index contributed by atoms with van der Waals surface area (Å²) in [5.41, 5.74) is 0. The van der Waals surface area contributed by atoms with Crippen LogP contribution in [0.15, 0.2) is 32.0 Å². The lowest BCUT2D eigenvalue weighted by Gasteiger charge is -2.41. The minimum atomic E-state index is -3.47. The molecule has 4 nitrogen and oxygen atoms in total. The molecule has 0 N–H and O–H groups in total. The third kappa shape index (κ3) is 3.11.